The first-order valence-electron chi connectivity index (χ1n) is 8.25. The average Bonchev–Trinajstić information content (AvgIpc) is 3.27. The first-order valence-corrected chi connectivity index (χ1v) is 9.13. The summed E-state index contributed by atoms with van der Waals surface area (Å²) in [5.41, 5.74) is 2.81. The van der Waals surface area contributed by atoms with E-state index in [0.717, 1.165) is 21.8 Å². The molecule has 3 heterocycles. The maximum Gasteiger partial charge on any atom is 0.274 e. The zero-order valence-electron chi connectivity index (χ0n) is 14.9. The summed E-state index contributed by atoms with van der Waals surface area (Å²) in [6.45, 7) is 8.76. The average molecular weight is 358 g/mol. The lowest BCUT2D eigenvalue weighted by Gasteiger charge is -2.10. The molecule has 6 nitrogen and oxygen atoms in total. The molecule has 0 aliphatic carbocycles. The van der Waals surface area contributed by atoms with Crippen LogP contribution in [0.1, 0.15) is 41.7 Å². The smallest absolute Gasteiger partial charge is 0.274 e. The number of hydrogen-bond acceptors (Lipinski definition) is 5. The zero-order valence-corrected chi connectivity index (χ0v) is 15.7. The molecule has 0 radical (unpaired) electrons. The fourth-order valence-corrected chi connectivity index (χ4v) is 3.35. The molecule has 0 spiro atoms. The second-order valence-corrected chi connectivity index (χ2v) is 7.40. The van der Waals surface area contributed by atoms with Crippen LogP contribution in [0.2, 0.25) is 0 Å². The van der Waals surface area contributed by atoms with E-state index in [1.54, 1.807) is 11.3 Å². The standard InChI is InChI=1S/C18H22N4O2S/c1-11(2)17-20-18(24-21-17)16-12(3)8-13(4)22(16)10-15(23)19-9-14-6-5-7-25-14/h5-8,11H,9-10H2,1-4H3,(H,19,23). The van der Waals surface area contributed by atoms with Gasteiger partial charge in [0.25, 0.3) is 5.89 Å². The fraction of sp³-hybridized carbons (Fsp3) is 0.389. The van der Waals surface area contributed by atoms with E-state index in [2.05, 4.69) is 15.5 Å². The van der Waals surface area contributed by atoms with Crippen LogP contribution in [0, 0.1) is 13.8 Å². The fourth-order valence-electron chi connectivity index (χ4n) is 2.70. The third-order valence-electron chi connectivity index (χ3n) is 4.00. The van der Waals surface area contributed by atoms with E-state index in [1.807, 2.05) is 55.8 Å². The molecule has 1 N–H and O–H groups in total. The topological polar surface area (TPSA) is 73.0 Å². The van der Waals surface area contributed by atoms with Crippen molar-refractivity contribution >= 4 is 17.2 Å². The lowest BCUT2D eigenvalue weighted by molar-refractivity contribution is -0.121. The lowest BCUT2D eigenvalue weighted by Crippen LogP contribution is -2.27. The number of nitrogens with zero attached hydrogens (tertiary/aromatic N) is 3. The summed E-state index contributed by atoms with van der Waals surface area (Å²) < 4.78 is 7.36. The molecule has 0 unspecified atom stereocenters. The highest BCUT2D eigenvalue weighted by Crippen LogP contribution is 2.27. The molecule has 132 valence electrons. The van der Waals surface area contributed by atoms with Crippen molar-refractivity contribution in [3.8, 4) is 11.6 Å². The van der Waals surface area contributed by atoms with Crippen molar-refractivity contribution in [3.05, 3.63) is 45.5 Å². The molecule has 0 bridgehead atoms. The number of hydrogen-bond donors (Lipinski definition) is 1. The highest BCUT2D eigenvalue weighted by Gasteiger charge is 2.20. The normalized spacial score (nSPS) is 11.2. The third-order valence-corrected chi connectivity index (χ3v) is 4.87. The Balaban J connectivity index is 1.80. The summed E-state index contributed by atoms with van der Waals surface area (Å²) in [6.07, 6.45) is 0. The molecule has 25 heavy (non-hydrogen) atoms. The van der Waals surface area contributed by atoms with Gasteiger partial charge in [-0.15, -0.1) is 11.3 Å². The van der Waals surface area contributed by atoms with E-state index in [1.165, 1.54) is 0 Å². The Morgan fingerprint density at radius 1 is 1.40 bits per heavy atom. The summed E-state index contributed by atoms with van der Waals surface area (Å²) >= 11 is 1.63. The Bertz CT molecular complexity index is 862. The molecule has 1 amide bonds. The molecule has 3 aromatic rings. The second kappa shape index (κ2) is 7.23. The van der Waals surface area contributed by atoms with Gasteiger partial charge in [0.1, 0.15) is 12.2 Å². The molecule has 7 heteroatoms. The van der Waals surface area contributed by atoms with Crippen LogP contribution in [0.5, 0.6) is 0 Å². The van der Waals surface area contributed by atoms with E-state index < -0.39 is 0 Å². The molecule has 0 aliphatic rings. The van der Waals surface area contributed by atoms with Crippen LogP contribution >= 0.6 is 11.3 Å². The lowest BCUT2D eigenvalue weighted by atomic mass is 10.2. The summed E-state index contributed by atoms with van der Waals surface area (Å²) in [5, 5.41) is 8.99. The maximum atomic E-state index is 12.4. The van der Waals surface area contributed by atoms with Gasteiger partial charge in [0.05, 0.1) is 6.54 Å². The quantitative estimate of drug-likeness (QED) is 0.730. The van der Waals surface area contributed by atoms with Gasteiger partial charge >= 0.3 is 0 Å². The molecule has 0 saturated heterocycles. The van der Waals surface area contributed by atoms with Gasteiger partial charge in [0.2, 0.25) is 5.91 Å². The van der Waals surface area contributed by atoms with E-state index in [0.29, 0.717) is 18.3 Å². The van der Waals surface area contributed by atoms with E-state index in [-0.39, 0.29) is 18.4 Å². The van der Waals surface area contributed by atoms with Crippen LogP contribution in [-0.4, -0.2) is 20.6 Å². The Labute approximate surface area is 150 Å². The van der Waals surface area contributed by atoms with Crippen molar-refractivity contribution in [2.45, 2.75) is 46.7 Å². The second-order valence-electron chi connectivity index (χ2n) is 6.37. The molecular weight excluding hydrogens is 336 g/mol. The van der Waals surface area contributed by atoms with Gasteiger partial charge in [-0.25, -0.2) is 0 Å². The van der Waals surface area contributed by atoms with Crippen LogP contribution in [-0.2, 0) is 17.9 Å². The van der Waals surface area contributed by atoms with E-state index in [9.17, 15) is 4.79 Å². The van der Waals surface area contributed by atoms with Crippen molar-refractivity contribution in [1.29, 1.82) is 0 Å². The van der Waals surface area contributed by atoms with Gasteiger partial charge in [-0.05, 0) is 36.9 Å². The van der Waals surface area contributed by atoms with Crippen LogP contribution in [0.3, 0.4) is 0 Å². The molecular formula is C18H22N4O2S. The molecule has 0 aromatic carbocycles. The van der Waals surface area contributed by atoms with Crippen LogP contribution in [0.25, 0.3) is 11.6 Å². The van der Waals surface area contributed by atoms with Gasteiger partial charge in [-0.3, -0.25) is 4.79 Å². The molecule has 0 aliphatic heterocycles. The van der Waals surface area contributed by atoms with Crippen molar-refractivity contribution in [3.63, 3.8) is 0 Å². The zero-order chi connectivity index (χ0) is 18.0. The SMILES string of the molecule is Cc1cc(C)n(CC(=O)NCc2cccs2)c1-c1nc(C(C)C)no1. The summed E-state index contributed by atoms with van der Waals surface area (Å²) in [7, 11) is 0. The summed E-state index contributed by atoms with van der Waals surface area (Å²) in [5.74, 6) is 1.27. The van der Waals surface area contributed by atoms with Crippen LogP contribution in [0.4, 0.5) is 0 Å². The Morgan fingerprint density at radius 2 is 2.20 bits per heavy atom. The molecule has 3 rings (SSSR count). The van der Waals surface area contributed by atoms with Gasteiger partial charge in [0.15, 0.2) is 5.82 Å². The van der Waals surface area contributed by atoms with Gasteiger partial charge in [0, 0.05) is 16.5 Å². The summed E-state index contributed by atoms with van der Waals surface area (Å²) in [4.78, 5) is 18.0. The predicted molar refractivity (Wildman–Crippen MR) is 97.5 cm³/mol. The monoisotopic (exact) mass is 358 g/mol. The molecule has 0 atom stereocenters. The number of aromatic nitrogens is 3. The number of amides is 1. The minimum Gasteiger partial charge on any atom is -0.350 e. The Kier molecular flexibility index (Phi) is 5.03. The highest BCUT2D eigenvalue weighted by atomic mass is 32.1. The number of carbonyl (C=O) groups excluding carboxylic acids is 1. The molecule has 0 saturated carbocycles. The van der Waals surface area contributed by atoms with E-state index in [4.69, 9.17) is 4.52 Å². The van der Waals surface area contributed by atoms with Gasteiger partial charge in [-0.1, -0.05) is 25.1 Å². The van der Waals surface area contributed by atoms with Gasteiger partial charge < -0.3 is 14.4 Å². The van der Waals surface area contributed by atoms with Crippen molar-refractivity contribution < 1.29 is 9.32 Å². The Morgan fingerprint density at radius 3 is 2.84 bits per heavy atom. The number of rotatable bonds is 6. The Hall–Kier alpha value is -2.41. The number of carbonyl (C=O) groups is 1. The maximum absolute atomic E-state index is 12.4. The molecule has 0 fully saturated rings. The third kappa shape index (κ3) is 3.82. The van der Waals surface area contributed by atoms with Crippen molar-refractivity contribution in [1.82, 2.24) is 20.0 Å². The first-order chi connectivity index (χ1) is 12.0. The largest absolute Gasteiger partial charge is 0.350 e. The van der Waals surface area contributed by atoms with Crippen molar-refractivity contribution in [2.75, 3.05) is 0 Å². The summed E-state index contributed by atoms with van der Waals surface area (Å²) in [6, 6.07) is 6.01. The van der Waals surface area contributed by atoms with Crippen LogP contribution in [0.15, 0.2) is 28.1 Å². The number of aryl methyl sites for hydroxylation is 2. The van der Waals surface area contributed by atoms with Gasteiger partial charge in [-0.2, -0.15) is 4.98 Å². The van der Waals surface area contributed by atoms with E-state index >= 15 is 0 Å². The highest BCUT2D eigenvalue weighted by molar-refractivity contribution is 7.09. The molecule has 3 aromatic heterocycles. The first kappa shape index (κ1) is 17.4. The predicted octanol–water partition coefficient (Wildman–Crippen LogP) is 3.66. The number of nitrogens with one attached hydrogen (secondary N) is 1. The minimum atomic E-state index is -0.0445. The van der Waals surface area contributed by atoms with Crippen molar-refractivity contribution in [2.24, 2.45) is 0 Å². The minimum absolute atomic E-state index is 0.0445. The van der Waals surface area contributed by atoms with Crippen LogP contribution < -0.4 is 5.32 Å². The number of thiophene rings is 1.